The molecule has 3 heteroatoms. The Bertz CT molecular complexity index is 386. The molecule has 0 bridgehead atoms. The van der Waals surface area contributed by atoms with Crippen molar-refractivity contribution in [3.8, 4) is 0 Å². The molecular weight excluding hydrogens is 240 g/mol. The molecule has 1 aliphatic rings. The molecule has 0 fully saturated rings. The van der Waals surface area contributed by atoms with Crippen molar-refractivity contribution in [2.24, 2.45) is 0 Å². The van der Waals surface area contributed by atoms with E-state index in [0.717, 1.165) is 29.4 Å². The van der Waals surface area contributed by atoms with Crippen molar-refractivity contribution >= 4 is 14.6 Å². The van der Waals surface area contributed by atoms with Crippen LogP contribution in [0.4, 0.5) is 0 Å². The van der Waals surface area contributed by atoms with Crippen LogP contribution in [0.2, 0.25) is 18.1 Å². The molecule has 0 aromatic rings. The molecule has 0 aromatic heterocycles. The summed E-state index contributed by atoms with van der Waals surface area (Å²) >= 11 is 0. The fourth-order valence-electron chi connectivity index (χ4n) is 1.89. The van der Waals surface area contributed by atoms with Crippen LogP contribution in [0, 0.1) is 0 Å². The number of rotatable bonds is 3. The van der Waals surface area contributed by atoms with Gasteiger partial charge in [-0.15, -0.1) is 0 Å². The fraction of sp³-hybridized carbons (Fsp3) is 0.667. The van der Waals surface area contributed by atoms with Gasteiger partial charge in [0.2, 0.25) is 0 Å². The topological polar surface area (TPSA) is 26.3 Å². The van der Waals surface area contributed by atoms with Crippen molar-refractivity contribution in [2.75, 3.05) is 0 Å². The molecule has 0 saturated heterocycles. The average Bonchev–Trinajstić information content (AvgIpc) is 2.20. The van der Waals surface area contributed by atoms with Gasteiger partial charge in [0, 0.05) is 6.42 Å². The number of hydrogen-bond acceptors (Lipinski definition) is 2. The maximum atomic E-state index is 11.1. The number of aldehydes is 1. The smallest absolute Gasteiger partial charge is 0.192 e. The monoisotopic (exact) mass is 266 g/mol. The highest BCUT2D eigenvalue weighted by Crippen LogP contribution is 2.40. The van der Waals surface area contributed by atoms with Gasteiger partial charge in [0.15, 0.2) is 8.32 Å². The highest BCUT2D eigenvalue weighted by atomic mass is 28.4. The van der Waals surface area contributed by atoms with Crippen molar-refractivity contribution in [3.05, 3.63) is 23.3 Å². The summed E-state index contributed by atoms with van der Waals surface area (Å²) in [5.74, 6) is 0. The molecule has 1 unspecified atom stereocenters. The molecule has 18 heavy (non-hydrogen) atoms. The van der Waals surface area contributed by atoms with E-state index in [-0.39, 0.29) is 11.1 Å². The Morgan fingerprint density at radius 2 is 1.94 bits per heavy atom. The maximum Gasteiger partial charge on any atom is 0.192 e. The van der Waals surface area contributed by atoms with E-state index in [1.165, 1.54) is 0 Å². The van der Waals surface area contributed by atoms with Gasteiger partial charge in [-0.2, -0.15) is 0 Å². The van der Waals surface area contributed by atoms with Gasteiger partial charge in [-0.1, -0.05) is 32.9 Å². The summed E-state index contributed by atoms with van der Waals surface area (Å²) in [6, 6.07) is 0. The van der Waals surface area contributed by atoms with Crippen molar-refractivity contribution in [1.82, 2.24) is 0 Å². The molecular formula is C15H26O2Si. The molecule has 0 N–H and O–H groups in total. The van der Waals surface area contributed by atoms with Crippen LogP contribution in [0.5, 0.6) is 0 Å². The van der Waals surface area contributed by atoms with Crippen molar-refractivity contribution in [2.45, 2.75) is 64.8 Å². The van der Waals surface area contributed by atoms with Crippen molar-refractivity contribution in [3.63, 3.8) is 0 Å². The largest absolute Gasteiger partial charge is 0.410 e. The molecule has 0 radical (unpaired) electrons. The second-order valence-electron chi connectivity index (χ2n) is 6.83. The van der Waals surface area contributed by atoms with Gasteiger partial charge in [0.1, 0.15) is 6.29 Å². The summed E-state index contributed by atoms with van der Waals surface area (Å²) in [6.07, 6.45) is 2.49. The van der Waals surface area contributed by atoms with Crippen LogP contribution in [-0.4, -0.2) is 20.7 Å². The summed E-state index contributed by atoms with van der Waals surface area (Å²) in [5.41, 5.74) is 3.15. The first kappa shape index (κ1) is 15.4. The van der Waals surface area contributed by atoms with Gasteiger partial charge < -0.3 is 4.43 Å². The number of hydrogen-bond donors (Lipinski definition) is 0. The Hall–Kier alpha value is -0.673. The normalized spacial score (nSPS) is 22.3. The Kier molecular flexibility index (Phi) is 4.39. The van der Waals surface area contributed by atoms with E-state index in [9.17, 15) is 4.79 Å². The first-order chi connectivity index (χ1) is 8.08. The summed E-state index contributed by atoms with van der Waals surface area (Å²) in [6.45, 7) is 17.3. The summed E-state index contributed by atoms with van der Waals surface area (Å²) < 4.78 is 6.38. The highest BCUT2D eigenvalue weighted by Gasteiger charge is 2.40. The average molecular weight is 266 g/mol. The molecule has 1 aliphatic carbocycles. The van der Waals surface area contributed by atoms with E-state index < -0.39 is 8.32 Å². The predicted octanol–water partition coefficient (Wildman–Crippen LogP) is 4.24. The van der Waals surface area contributed by atoms with Crippen LogP contribution >= 0.6 is 0 Å². The number of allylic oxidation sites excluding steroid dienone is 1. The second-order valence-corrected chi connectivity index (χ2v) is 11.6. The minimum absolute atomic E-state index is 0.0230. The molecule has 2 nitrogen and oxygen atoms in total. The first-order valence-corrected chi connectivity index (χ1v) is 9.48. The van der Waals surface area contributed by atoms with Gasteiger partial charge in [-0.25, -0.2) is 0 Å². The van der Waals surface area contributed by atoms with Crippen LogP contribution in [0.3, 0.4) is 0 Å². The zero-order valence-corrected chi connectivity index (χ0v) is 13.6. The Morgan fingerprint density at radius 1 is 1.39 bits per heavy atom. The zero-order chi connectivity index (χ0) is 14.1. The molecule has 102 valence electrons. The second kappa shape index (κ2) is 5.14. The molecule has 1 rings (SSSR count). The molecule has 1 atom stereocenters. The molecule has 0 heterocycles. The third kappa shape index (κ3) is 3.21. The van der Waals surface area contributed by atoms with Gasteiger partial charge in [-0.3, -0.25) is 4.79 Å². The molecule has 0 spiro atoms. The maximum absolute atomic E-state index is 11.1. The number of carbonyl (C=O) groups is 1. The van der Waals surface area contributed by atoms with Crippen LogP contribution in [0.1, 0.15) is 40.5 Å². The third-order valence-electron chi connectivity index (χ3n) is 4.29. The Balaban J connectivity index is 2.87. The lowest BCUT2D eigenvalue weighted by Gasteiger charge is -2.41. The fourth-order valence-corrected chi connectivity index (χ4v) is 3.21. The minimum Gasteiger partial charge on any atom is -0.410 e. The molecule has 0 aromatic carbocycles. The van der Waals surface area contributed by atoms with Crippen molar-refractivity contribution < 1.29 is 9.22 Å². The van der Waals surface area contributed by atoms with Gasteiger partial charge in [0.25, 0.3) is 0 Å². The lowest BCUT2D eigenvalue weighted by atomic mass is 9.88. The summed E-state index contributed by atoms with van der Waals surface area (Å²) in [5, 5.41) is 0.185. The van der Waals surface area contributed by atoms with Gasteiger partial charge in [0.05, 0.1) is 6.10 Å². The van der Waals surface area contributed by atoms with Gasteiger partial charge >= 0.3 is 0 Å². The van der Waals surface area contributed by atoms with E-state index in [0.29, 0.717) is 6.42 Å². The summed E-state index contributed by atoms with van der Waals surface area (Å²) in [7, 11) is -1.80. The molecule has 0 saturated carbocycles. The van der Waals surface area contributed by atoms with E-state index >= 15 is 0 Å². The van der Waals surface area contributed by atoms with E-state index in [4.69, 9.17) is 4.43 Å². The van der Waals surface area contributed by atoms with Gasteiger partial charge in [-0.05, 0) is 42.6 Å². The standard InChI is InChI=1S/C15H26O2Si/c1-11-8-12(2)14(9-13(11)10-16)17-18(6,7)15(3,4)5/h10,14H,2,8-9H2,1,3-7H3. The van der Waals surface area contributed by atoms with E-state index in [2.05, 4.69) is 40.4 Å². The zero-order valence-electron chi connectivity index (χ0n) is 12.6. The van der Waals surface area contributed by atoms with E-state index in [1.54, 1.807) is 0 Å². The predicted molar refractivity (Wildman–Crippen MR) is 79.2 cm³/mol. The third-order valence-corrected chi connectivity index (χ3v) is 8.77. The molecule has 0 aliphatic heterocycles. The molecule has 0 amide bonds. The van der Waals surface area contributed by atoms with Crippen LogP contribution in [0.25, 0.3) is 0 Å². The number of carbonyl (C=O) groups excluding carboxylic acids is 1. The van der Waals surface area contributed by atoms with Crippen molar-refractivity contribution in [1.29, 1.82) is 0 Å². The summed E-state index contributed by atoms with van der Waals surface area (Å²) in [4.78, 5) is 11.1. The Labute approximate surface area is 112 Å². The van der Waals surface area contributed by atoms with Crippen LogP contribution < -0.4 is 0 Å². The lowest BCUT2D eigenvalue weighted by Crippen LogP contribution is -2.45. The van der Waals surface area contributed by atoms with Crippen LogP contribution in [-0.2, 0) is 9.22 Å². The van der Waals surface area contributed by atoms with E-state index in [1.807, 2.05) is 6.92 Å². The minimum atomic E-state index is -1.80. The van der Waals surface area contributed by atoms with Crippen LogP contribution in [0.15, 0.2) is 23.3 Å². The lowest BCUT2D eigenvalue weighted by molar-refractivity contribution is -0.105. The quantitative estimate of drug-likeness (QED) is 0.434. The highest BCUT2D eigenvalue weighted by molar-refractivity contribution is 6.74. The first-order valence-electron chi connectivity index (χ1n) is 6.58. The Morgan fingerprint density at radius 3 is 2.39 bits per heavy atom. The SMILES string of the molecule is C=C1CC(C)=C(C=O)CC1O[Si](C)(C)C(C)(C)C.